The number of nitrogens with zero attached hydrogens (tertiary/aromatic N) is 1. The third-order valence-corrected chi connectivity index (χ3v) is 5.37. The Morgan fingerprint density at radius 1 is 1.22 bits per heavy atom. The number of carbonyl (C=O) groups excluding carboxylic acids is 1. The van der Waals surface area contributed by atoms with Crippen LogP contribution in [0.3, 0.4) is 0 Å². The van der Waals surface area contributed by atoms with Crippen LogP contribution in [0, 0.1) is 12.7 Å². The topological polar surface area (TPSA) is 74.2 Å². The van der Waals surface area contributed by atoms with Gasteiger partial charge >= 0.3 is 0 Å². The number of rotatable bonds is 5. The minimum Gasteiger partial charge on any atom is -0.360 e. The summed E-state index contributed by atoms with van der Waals surface area (Å²) in [5.41, 5.74) is 4.30. The zero-order valence-corrected chi connectivity index (χ0v) is 15.8. The molecule has 0 atom stereocenters. The molecular formula is C21H26FN3O2. The summed E-state index contributed by atoms with van der Waals surface area (Å²) in [5.74, 6) is -0.108. The predicted octanol–water partition coefficient (Wildman–Crippen LogP) is 4.48. The summed E-state index contributed by atoms with van der Waals surface area (Å²) in [7, 11) is 0. The maximum absolute atomic E-state index is 14.1. The molecule has 1 heterocycles. The van der Waals surface area contributed by atoms with Crippen LogP contribution in [0.1, 0.15) is 66.1 Å². The number of anilines is 1. The number of hydrogen-bond acceptors (Lipinski definition) is 4. The second-order valence-electron chi connectivity index (χ2n) is 7.31. The van der Waals surface area contributed by atoms with E-state index in [4.69, 9.17) is 5.21 Å². The van der Waals surface area contributed by atoms with Crippen molar-refractivity contribution in [2.24, 2.45) is 0 Å². The Hall–Kier alpha value is -2.47. The lowest BCUT2D eigenvalue weighted by atomic mass is 9.76. The number of carbonyl (C=O) groups is 1. The first-order chi connectivity index (χ1) is 13.0. The third kappa shape index (κ3) is 4.11. The van der Waals surface area contributed by atoms with Gasteiger partial charge in [0.15, 0.2) is 0 Å². The van der Waals surface area contributed by atoms with Crippen molar-refractivity contribution in [1.29, 1.82) is 0 Å². The quantitative estimate of drug-likeness (QED) is 0.535. The van der Waals surface area contributed by atoms with E-state index in [-0.39, 0.29) is 11.4 Å². The molecule has 1 fully saturated rings. The lowest BCUT2D eigenvalue weighted by Gasteiger charge is -2.40. The van der Waals surface area contributed by atoms with E-state index in [1.54, 1.807) is 17.6 Å². The predicted molar refractivity (Wildman–Crippen MR) is 102 cm³/mol. The Kier molecular flexibility index (Phi) is 5.75. The second kappa shape index (κ2) is 8.05. The molecule has 1 amide bonds. The van der Waals surface area contributed by atoms with Crippen LogP contribution in [0.15, 0.2) is 30.5 Å². The van der Waals surface area contributed by atoms with Gasteiger partial charge in [-0.15, -0.1) is 0 Å². The van der Waals surface area contributed by atoms with Gasteiger partial charge in [-0.25, -0.2) is 14.9 Å². The number of hydrogen-bond donors (Lipinski definition) is 3. The second-order valence-corrected chi connectivity index (χ2v) is 7.31. The van der Waals surface area contributed by atoms with Crippen LogP contribution in [0.25, 0.3) is 0 Å². The molecule has 6 heteroatoms. The fourth-order valence-corrected chi connectivity index (χ4v) is 3.96. The van der Waals surface area contributed by atoms with Gasteiger partial charge < -0.3 is 5.32 Å². The fourth-order valence-electron chi connectivity index (χ4n) is 3.96. The first kappa shape index (κ1) is 19.3. The highest BCUT2D eigenvalue weighted by molar-refractivity contribution is 5.93. The molecular weight excluding hydrogens is 345 g/mol. The van der Waals surface area contributed by atoms with Gasteiger partial charge in [-0.2, -0.15) is 0 Å². The summed E-state index contributed by atoms with van der Waals surface area (Å²) in [6, 6.07) is 6.93. The Bertz CT molecular complexity index is 812. The van der Waals surface area contributed by atoms with Crippen molar-refractivity contribution in [3.63, 3.8) is 0 Å². The van der Waals surface area contributed by atoms with Gasteiger partial charge in [0.1, 0.15) is 11.6 Å². The van der Waals surface area contributed by atoms with Gasteiger partial charge in [-0.3, -0.25) is 10.0 Å². The van der Waals surface area contributed by atoms with Crippen molar-refractivity contribution < 1.29 is 14.4 Å². The molecule has 0 radical (unpaired) electrons. The molecule has 0 aliphatic heterocycles. The highest BCUT2D eigenvalue weighted by atomic mass is 19.1. The van der Waals surface area contributed by atoms with Crippen LogP contribution in [-0.2, 0) is 12.0 Å². The number of aromatic nitrogens is 1. The first-order valence-corrected chi connectivity index (χ1v) is 9.46. The van der Waals surface area contributed by atoms with Crippen molar-refractivity contribution in [1.82, 2.24) is 10.5 Å². The fraction of sp³-hybridized carbons (Fsp3) is 0.429. The van der Waals surface area contributed by atoms with Gasteiger partial charge in [0.05, 0.1) is 11.1 Å². The highest BCUT2D eigenvalue weighted by Crippen LogP contribution is 2.41. The molecule has 0 spiro atoms. The molecule has 0 bridgehead atoms. The Balaban J connectivity index is 2.01. The van der Waals surface area contributed by atoms with Crippen LogP contribution in [0.4, 0.5) is 10.2 Å². The molecule has 3 rings (SSSR count). The van der Waals surface area contributed by atoms with E-state index in [9.17, 15) is 9.18 Å². The van der Waals surface area contributed by atoms with Gasteiger partial charge in [0.25, 0.3) is 5.91 Å². The number of hydroxylamine groups is 1. The number of halogens is 1. The molecule has 1 saturated carbocycles. The van der Waals surface area contributed by atoms with Gasteiger partial charge in [-0.05, 0) is 61.1 Å². The van der Waals surface area contributed by atoms with E-state index in [0.29, 0.717) is 17.8 Å². The SMILES string of the molecule is CCc1cc(C(=O)NO)cnc1NC1(c2cc(C)cc(F)c2)CCCCC1. The van der Waals surface area contributed by atoms with Crippen molar-refractivity contribution in [2.45, 2.75) is 57.9 Å². The molecule has 1 aromatic carbocycles. The minimum atomic E-state index is -0.586. The molecule has 1 aliphatic rings. The van der Waals surface area contributed by atoms with Crippen LogP contribution in [0.5, 0.6) is 0 Å². The smallest absolute Gasteiger partial charge is 0.276 e. The van der Waals surface area contributed by atoms with Crippen LogP contribution in [-0.4, -0.2) is 16.1 Å². The number of pyridine rings is 1. The summed E-state index contributed by atoms with van der Waals surface area (Å²) in [5, 5.41) is 12.4. The van der Waals surface area contributed by atoms with Crippen molar-refractivity contribution in [3.05, 3.63) is 58.5 Å². The molecule has 0 unspecified atom stereocenters. The Morgan fingerprint density at radius 3 is 2.59 bits per heavy atom. The largest absolute Gasteiger partial charge is 0.360 e. The Morgan fingerprint density at radius 2 is 1.96 bits per heavy atom. The molecule has 3 N–H and O–H groups in total. The molecule has 5 nitrogen and oxygen atoms in total. The van der Waals surface area contributed by atoms with E-state index in [1.165, 1.54) is 18.7 Å². The maximum atomic E-state index is 14.1. The first-order valence-electron chi connectivity index (χ1n) is 9.46. The zero-order chi connectivity index (χ0) is 19.4. The molecule has 1 aromatic heterocycles. The van der Waals surface area contributed by atoms with E-state index >= 15 is 0 Å². The number of benzene rings is 1. The van der Waals surface area contributed by atoms with E-state index in [2.05, 4.69) is 10.3 Å². The summed E-state index contributed by atoms with van der Waals surface area (Å²) in [6.07, 6.45) is 7.23. The standard InChI is InChI=1S/C21H26FN3O2/c1-3-15-11-16(20(26)25-27)13-23-19(15)24-21(7-5-4-6-8-21)17-9-14(2)10-18(22)12-17/h9-13,27H,3-8H2,1-2H3,(H,23,24)(H,25,26). The summed E-state index contributed by atoms with van der Waals surface area (Å²) in [6.45, 7) is 3.89. The van der Waals surface area contributed by atoms with E-state index in [1.807, 2.05) is 19.9 Å². The summed E-state index contributed by atoms with van der Waals surface area (Å²) >= 11 is 0. The highest BCUT2D eigenvalue weighted by Gasteiger charge is 2.35. The number of amides is 1. The maximum Gasteiger partial charge on any atom is 0.276 e. The normalized spacial score (nSPS) is 16.0. The van der Waals surface area contributed by atoms with Crippen LogP contribution >= 0.6 is 0 Å². The van der Waals surface area contributed by atoms with E-state index < -0.39 is 5.91 Å². The van der Waals surface area contributed by atoms with Gasteiger partial charge in [-0.1, -0.05) is 32.3 Å². The minimum absolute atomic E-state index is 0.226. The molecule has 27 heavy (non-hydrogen) atoms. The molecule has 144 valence electrons. The third-order valence-electron chi connectivity index (χ3n) is 5.37. The van der Waals surface area contributed by atoms with Crippen molar-refractivity contribution >= 4 is 11.7 Å². The number of aryl methyl sites for hydroxylation is 2. The summed E-state index contributed by atoms with van der Waals surface area (Å²) in [4.78, 5) is 16.1. The molecule has 2 aromatic rings. The van der Waals surface area contributed by atoms with Crippen molar-refractivity contribution in [3.8, 4) is 0 Å². The zero-order valence-electron chi connectivity index (χ0n) is 15.8. The van der Waals surface area contributed by atoms with Gasteiger partial charge in [0.2, 0.25) is 0 Å². The molecule has 0 saturated heterocycles. The molecule has 1 aliphatic carbocycles. The number of nitrogens with one attached hydrogen (secondary N) is 2. The monoisotopic (exact) mass is 371 g/mol. The van der Waals surface area contributed by atoms with E-state index in [0.717, 1.165) is 42.4 Å². The average Bonchev–Trinajstić information content (AvgIpc) is 2.67. The summed E-state index contributed by atoms with van der Waals surface area (Å²) < 4.78 is 14.1. The van der Waals surface area contributed by atoms with Crippen LogP contribution in [0.2, 0.25) is 0 Å². The van der Waals surface area contributed by atoms with Crippen LogP contribution < -0.4 is 10.8 Å². The Labute approximate surface area is 159 Å². The van der Waals surface area contributed by atoms with Crippen molar-refractivity contribution in [2.75, 3.05) is 5.32 Å². The average molecular weight is 371 g/mol. The lowest BCUT2D eigenvalue weighted by molar-refractivity contribution is 0.0706. The lowest BCUT2D eigenvalue weighted by Crippen LogP contribution is -2.38. The van der Waals surface area contributed by atoms with Gasteiger partial charge in [0, 0.05) is 6.20 Å².